The van der Waals surface area contributed by atoms with Crippen LogP contribution in [0, 0.1) is 0 Å². The number of halogens is 2. The van der Waals surface area contributed by atoms with Gasteiger partial charge in [-0.25, -0.2) is 14.6 Å². The molecule has 0 bridgehead atoms. The molecule has 0 aliphatic carbocycles. The van der Waals surface area contributed by atoms with Crippen molar-refractivity contribution in [3.8, 4) is 5.75 Å². The molecule has 0 spiro atoms. The van der Waals surface area contributed by atoms with Crippen molar-refractivity contribution >= 4 is 45.5 Å². The highest BCUT2D eigenvalue weighted by Crippen LogP contribution is 2.32. The molecule has 2 amide bonds. The van der Waals surface area contributed by atoms with E-state index in [0.29, 0.717) is 10.9 Å². The Bertz CT molecular complexity index is 732. The Balaban J connectivity index is 2.87. The lowest BCUT2D eigenvalue weighted by molar-refractivity contribution is 0.0486. The Morgan fingerprint density at radius 2 is 1.69 bits per heavy atom. The van der Waals surface area contributed by atoms with Crippen LogP contribution in [0.4, 0.5) is 15.4 Å². The third kappa shape index (κ3) is 10.0. The number of ether oxygens (including phenoxy) is 3. The fourth-order valence-corrected chi connectivity index (χ4v) is 2.41. The van der Waals surface area contributed by atoms with Crippen LogP contribution in [0.2, 0.25) is 5.15 Å². The van der Waals surface area contributed by atoms with Gasteiger partial charge in [0.15, 0.2) is 11.6 Å². The van der Waals surface area contributed by atoms with Gasteiger partial charge < -0.3 is 19.5 Å². The molecule has 0 radical (unpaired) electrons. The highest BCUT2D eigenvalue weighted by Gasteiger charge is 2.22. The van der Waals surface area contributed by atoms with Crippen molar-refractivity contribution in [2.45, 2.75) is 72.1 Å². The summed E-state index contributed by atoms with van der Waals surface area (Å²) in [7, 11) is 0. The molecule has 0 fully saturated rings. The van der Waals surface area contributed by atoms with Crippen LogP contribution in [0.25, 0.3) is 0 Å². The number of nitrogens with zero attached hydrogens (tertiary/aromatic N) is 1. The largest absolute Gasteiger partial charge is 0.488 e. The van der Waals surface area contributed by atoms with Crippen LogP contribution in [0.15, 0.2) is 10.5 Å². The maximum Gasteiger partial charge on any atom is 0.413 e. The van der Waals surface area contributed by atoms with Gasteiger partial charge in [0.1, 0.15) is 23.0 Å². The zero-order chi connectivity index (χ0) is 22.4. The average molecular weight is 495 g/mol. The molecule has 29 heavy (non-hydrogen) atoms. The molecule has 0 unspecified atom stereocenters. The molecule has 10 heteroatoms. The molecule has 0 aromatic carbocycles. The van der Waals surface area contributed by atoms with Crippen molar-refractivity contribution in [1.82, 2.24) is 10.3 Å². The normalized spacial score (nSPS) is 12.7. The van der Waals surface area contributed by atoms with E-state index in [4.69, 9.17) is 25.8 Å². The highest BCUT2D eigenvalue weighted by atomic mass is 79.9. The van der Waals surface area contributed by atoms with Crippen molar-refractivity contribution in [3.63, 3.8) is 0 Å². The number of rotatable bonds is 6. The zero-order valence-corrected chi connectivity index (χ0v) is 20.2. The molecule has 1 rings (SSSR count). The summed E-state index contributed by atoms with van der Waals surface area (Å²) in [5.74, 6) is 0.385. The predicted molar refractivity (Wildman–Crippen MR) is 116 cm³/mol. The van der Waals surface area contributed by atoms with Gasteiger partial charge in [-0.3, -0.25) is 5.32 Å². The van der Waals surface area contributed by atoms with Crippen LogP contribution in [-0.4, -0.2) is 41.0 Å². The summed E-state index contributed by atoms with van der Waals surface area (Å²) in [6, 6.07) is 1.27. The number of pyridine rings is 1. The van der Waals surface area contributed by atoms with Crippen molar-refractivity contribution in [2.24, 2.45) is 0 Å². The number of amides is 2. The Morgan fingerprint density at radius 1 is 1.14 bits per heavy atom. The maximum absolute atomic E-state index is 12.1. The Hall–Kier alpha value is -1.74. The highest BCUT2D eigenvalue weighted by molar-refractivity contribution is 9.10. The van der Waals surface area contributed by atoms with Crippen LogP contribution >= 0.6 is 27.5 Å². The third-order valence-corrected chi connectivity index (χ3v) is 4.29. The minimum atomic E-state index is -0.688. The van der Waals surface area contributed by atoms with Crippen LogP contribution < -0.4 is 15.4 Å². The number of nitrogens with one attached hydrogen (secondary N) is 2. The van der Waals surface area contributed by atoms with E-state index >= 15 is 0 Å². The molecule has 1 heterocycles. The summed E-state index contributed by atoms with van der Waals surface area (Å²) in [4.78, 5) is 28.2. The SMILES string of the molecule is CC[C@@H](COc1cc(Br)c(Cl)nc1NC(=O)OC(C)(C)C)NC(=O)OC(C)(C)C. The van der Waals surface area contributed by atoms with Crippen LogP contribution in [-0.2, 0) is 9.47 Å². The Morgan fingerprint density at radius 3 is 2.21 bits per heavy atom. The summed E-state index contributed by atoms with van der Waals surface area (Å²) in [5.41, 5.74) is -1.27. The fourth-order valence-electron chi connectivity index (χ4n) is 1.98. The summed E-state index contributed by atoms with van der Waals surface area (Å²) >= 11 is 9.33. The number of aromatic nitrogens is 1. The number of hydrogen-bond donors (Lipinski definition) is 2. The van der Waals surface area contributed by atoms with Gasteiger partial charge in [-0.2, -0.15) is 0 Å². The Labute approximate surface area is 185 Å². The van der Waals surface area contributed by atoms with E-state index in [1.54, 1.807) is 47.6 Å². The quantitative estimate of drug-likeness (QED) is 0.505. The predicted octanol–water partition coefficient (Wildman–Crippen LogP) is 5.53. The maximum atomic E-state index is 12.1. The summed E-state index contributed by atoms with van der Waals surface area (Å²) in [5, 5.41) is 5.44. The molecule has 0 saturated heterocycles. The molecule has 1 aromatic heterocycles. The molecule has 2 N–H and O–H groups in total. The fraction of sp³-hybridized carbons (Fsp3) is 0.632. The molecule has 1 atom stereocenters. The average Bonchev–Trinajstić information content (AvgIpc) is 2.51. The van der Waals surface area contributed by atoms with Gasteiger partial charge in [-0.15, -0.1) is 0 Å². The number of carbonyl (C=O) groups excluding carboxylic acids is 2. The molecule has 0 aliphatic heterocycles. The lowest BCUT2D eigenvalue weighted by Crippen LogP contribution is -2.41. The lowest BCUT2D eigenvalue weighted by atomic mass is 10.2. The number of anilines is 1. The number of alkyl carbamates (subject to hydrolysis) is 1. The molecule has 0 saturated carbocycles. The van der Waals surface area contributed by atoms with E-state index < -0.39 is 23.4 Å². The van der Waals surface area contributed by atoms with E-state index in [-0.39, 0.29) is 29.4 Å². The molecule has 1 aromatic rings. The standard InChI is InChI=1S/C19H29BrClN3O5/c1-8-11(22-16(25)28-18(2,3)4)10-27-13-9-12(20)14(21)23-15(13)24-17(26)29-19(5,6)7/h9,11H,8,10H2,1-7H3,(H,22,25)(H,23,24,26)/t11-/m0/s1. The van der Waals surface area contributed by atoms with Gasteiger partial charge >= 0.3 is 12.2 Å². The van der Waals surface area contributed by atoms with Crippen LogP contribution in [0.3, 0.4) is 0 Å². The van der Waals surface area contributed by atoms with E-state index in [9.17, 15) is 9.59 Å². The minimum absolute atomic E-state index is 0.111. The van der Waals surface area contributed by atoms with E-state index in [1.807, 2.05) is 6.92 Å². The van der Waals surface area contributed by atoms with Gasteiger partial charge in [0.2, 0.25) is 0 Å². The van der Waals surface area contributed by atoms with E-state index in [1.165, 1.54) is 0 Å². The second kappa shape index (κ2) is 10.3. The van der Waals surface area contributed by atoms with E-state index in [0.717, 1.165) is 0 Å². The molecular weight excluding hydrogens is 466 g/mol. The third-order valence-electron chi connectivity index (χ3n) is 3.17. The second-order valence-corrected chi connectivity index (χ2v) is 9.51. The molecule has 164 valence electrons. The van der Waals surface area contributed by atoms with Gasteiger partial charge in [0, 0.05) is 6.07 Å². The number of hydrogen-bond acceptors (Lipinski definition) is 6. The van der Waals surface area contributed by atoms with Crippen molar-refractivity contribution in [1.29, 1.82) is 0 Å². The first-order valence-electron chi connectivity index (χ1n) is 9.18. The first kappa shape index (κ1) is 25.3. The van der Waals surface area contributed by atoms with Crippen molar-refractivity contribution in [2.75, 3.05) is 11.9 Å². The summed E-state index contributed by atoms with van der Waals surface area (Å²) in [6.45, 7) is 12.6. The van der Waals surface area contributed by atoms with Gasteiger partial charge in [0.05, 0.1) is 10.5 Å². The smallest absolute Gasteiger partial charge is 0.413 e. The van der Waals surface area contributed by atoms with Crippen LogP contribution in [0.1, 0.15) is 54.9 Å². The minimum Gasteiger partial charge on any atom is -0.488 e. The summed E-state index contributed by atoms with van der Waals surface area (Å²) in [6.07, 6.45) is -0.612. The Kier molecular flexibility index (Phi) is 9.02. The number of carbonyl (C=O) groups is 2. The zero-order valence-electron chi connectivity index (χ0n) is 17.8. The summed E-state index contributed by atoms with van der Waals surface area (Å²) < 4.78 is 16.8. The van der Waals surface area contributed by atoms with Gasteiger partial charge in [-0.05, 0) is 63.9 Å². The molecule has 8 nitrogen and oxygen atoms in total. The first-order valence-corrected chi connectivity index (χ1v) is 10.4. The topological polar surface area (TPSA) is 98.8 Å². The second-order valence-electron chi connectivity index (χ2n) is 8.30. The lowest BCUT2D eigenvalue weighted by Gasteiger charge is -2.23. The van der Waals surface area contributed by atoms with Gasteiger partial charge in [0.25, 0.3) is 0 Å². The van der Waals surface area contributed by atoms with Crippen molar-refractivity contribution in [3.05, 3.63) is 15.7 Å². The molecule has 0 aliphatic rings. The van der Waals surface area contributed by atoms with E-state index in [2.05, 4.69) is 31.5 Å². The molecular formula is C19H29BrClN3O5. The van der Waals surface area contributed by atoms with Crippen LogP contribution in [0.5, 0.6) is 5.75 Å². The van der Waals surface area contributed by atoms with Crippen molar-refractivity contribution < 1.29 is 23.8 Å². The monoisotopic (exact) mass is 493 g/mol. The first-order chi connectivity index (χ1) is 13.2. The van der Waals surface area contributed by atoms with Gasteiger partial charge in [-0.1, -0.05) is 18.5 Å².